The second-order valence-corrected chi connectivity index (χ2v) is 1.22. The Kier molecular flexibility index (Phi) is 16.8. The first-order valence-electron chi connectivity index (χ1n) is 0.667. The summed E-state index contributed by atoms with van der Waals surface area (Å²) in [7, 11) is -5.17. The van der Waals surface area contributed by atoms with E-state index in [9.17, 15) is 0 Å². The minimum atomic E-state index is -5.17. The summed E-state index contributed by atoms with van der Waals surface area (Å²) in [4.78, 5) is 0. The molecule has 0 bridgehead atoms. The van der Waals surface area contributed by atoms with E-state index in [-0.39, 0.29) is 97.8 Å². The average molecular weight is 373 g/mol. The van der Waals surface area contributed by atoms with Crippen LogP contribution >= 0.6 is 0 Å². The van der Waals surface area contributed by atoms with Crippen LogP contribution in [0.15, 0.2) is 0 Å². The van der Waals surface area contributed by atoms with Gasteiger partial charge in [0.05, 0.1) is 0 Å². The Bertz CT molecular complexity index is 92.9. The summed E-state index contributed by atoms with van der Waals surface area (Å²) in [5.74, 6) is 0. The Labute approximate surface area is 122 Å². The molecule has 0 saturated heterocycles. The molecule has 0 aromatic heterocycles. The molecule has 4 nitrogen and oxygen atoms in total. The zero-order valence-electron chi connectivity index (χ0n) is 2.75. The van der Waals surface area contributed by atoms with Crippen molar-refractivity contribution in [1.29, 1.82) is 0 Å². The predicted octanol–water partition coefficient (Wildman–Crippen LogP) is -2.63. The van der Waals surface area contributed by atoms with Crippen LogP contribution in [0.1, 0.15) is 0 Å². The quantitative estimate of drug-likeness (QED) is 0.265. The van der Waals surface area contributed by atoms with Crippen molar-refractivity contribution in [3.8, 4) is 0 Å². The van der Waals surface area contributed by atoms with Gasteiger partial charge in [0.15, 0.2) is 0 Å². The van der Waals surface area contributed by atoms with Crippen molar-refractivity contribution < 1.29 is 17.5 Å². The molecule has 0 heterocycles. The van der Waals surface area contributed by atoms with Crippen LogP contribution in [0.4, 0.5) is 0 Å². The van der Waals surface area contributed by atoms with Gasteiger partial charge in [-0.25, -0.2) is 0 Å². The molecule has 0 amide bonds. The van der Waals surface area contributed by atoms with Gasteiger partial charge in [-0.15, -0.1) is 0 Å². The van der Waals surface area contributed by atoms with Gasteiger partial charge in [-0.3, -0.25) is 8.42 Å². The summed E-state index contributed by atoms with van der Waals surface area (Å²) in [5, 5.41) is 0. The fraction of sp³-hybridized carbons (Fsp3) is 0. The first-order chi connectivity index (χ1) is 2.00. The fourth-order valence-electron chi connectivity index (χ4n) is 0. The molecule has 0 atom stereocenters. The van der Waals surface area contributed by atoms with E-state index in [0.717, 1.165) is 0 Å². The minimum absolute atomic E-state index is 0. The Balaban J connectivity index is -0.0000000800. The first kappa shape index (κ1) is 16.5. The molecule has 7 heavy (non-hydrogen) atoms. The van der Waals surface area contributed by atoms with Gasteiger partial charge < -0.3 is 9.11 Å². The SMILES string of the molecule is O=S(=O)([O-])[O-].[Ba+2].[BaH2]. The molecule has 7 heteroatoms. The monoisotopic (exact) mass is 374 g/mol. The second-order valence-electron chi connectivity index (χ2n) is 0.408. The molecule has 0 aromatic rings. The van der Waals surface area contributed by atoms with Gasteiger partial charge in [-0.05, 0) is 0 Å². The molecule has 0 saturated carbocycles. The van der Waals surface area contributed by atoms with Gasteiger partial charge in [-0.2, -0.15) is 0 Å². The van der Waals surface area contributed by atoms with Crippen molar-refractivity contribution in [2.24, 2.45) is 0 Å². The molecule has 0 spiro atoms. The Hall–Kier alpha value is 3.01. The molecular weight excluding hydrogens is 371 g/mol. The molecule has 0 rings (SSSR count). The van der Waals surface area contributed by atoms with Crippen molar-refractivity contribution in [3.05, 3.63) is 0 Å². The molecule has 0 fully saturated rings. The normalized spacial score (nSPS) is 8.29. The molecule has 0 aromatic carbocycles. The van der Waals surface area contributed by atoms with Crippen LogP contribution in [-0.4, -0.2) is 115 Å². The van der Waals surface area contributed by atoms with Crippen LogP contribution in [0, 0.1) is 0 Å². The van der Waals surface area contributed by atoms with Gasteiger partial charge in [-0.1, -0.05) is 0 Å². The predicted molar refractivity (Wildman–Crippen MR) is 24.8 cm³/mol. The number of hydrogen-bond donors (Lipinski definition) is 0. The van der Waals surface area contributed by atoms with Gasteiger partial charge in [0.1, 0.15) is 0 Å². The summed E-state index contributed by atoms with van der Waals surface area (Å²) in [5.41, 5.74) is 0. The van der Waals surface area contributed by atoms with E-state index in [1.54, 1.807) is 0 Å². The second kappa shape index (κ2) is 7.12. The van der Waals surface area contributed by atoms with Gasteiger partial charge in [0.2, 0.25) is 0 Å². The average Bonchev–Trinajstić information content (AvgIpc) is 0.722. The van der Waals surface area contributed by atoms with Crippen LogP contribution in [0.2, 0.25) is 0 Å². The van der Waals surface area contributed by atoms with E-state index >= 15 is 0 Å². The summed E-state index contributed by atoms with van der Waals surface area (Å²) in [6.07, 6.45) is 0. The van der Waals surface area contributed by atoms with E-state index in [4.69, 9.17) is 17.5 Å². The van der Waals surface area contributed by atoms with E-state index in [1.807, 2.05) is 0 Å². The molecule has 0 aliphatic rings. The summed E-state index contributed by atoms with van der Waals surface area (Å²) in [6.45, 7) is 0. The first-order valence-corrected chi connectivity index (χ1v) is 2.00. The van der Waals surface area contributed by atoms with Gasteiger partial charge >= 0.3 is 97.8 Å². The molecule has 0 N–H and O–H groups in total. The zero-order valence-corrected chi connectivity index (χ0v) is 8.01. The molecule has 0 aliphatic carbocycles. The van der Waals surface area contributed by atoms with Gasteiger partial charge in [0, 0.05) is 10.4 Å². The molecule has 0 aliphatic heterocycles. The van der Waals surface area contributed by atoms with Crippen LogP contribution in [0.25, 0.3) is 0 Å². The van der Waals surface area contributed by atoms with Crippen LogP contribution in [-0.2, 0) is 10.4 Å². The van der Waals surface area contributed by atoms with Crippen molar-refractivity contribution >= 4 is 108 Å². The zero-order chi connectivity index (χ0) is 4.50. The van der Waals surface area contributed by atoms with Crippen molar-refractivity contribution in [2.45, 2.75) is 0 Å². The Morgan fingerprint density at radius 3 is 1.14 bits per heavy atom. The maximum absolute atomic E-state index is 8.52. The van der Waals surface area contributed by atoms with Gasteiger partial charge in [0.25, 0.3) is 0 Å². The molecule has 0 radical (unpaired) electrons. The number of hydrogen-bond acceptors (Lipinski definition) is 4. The molecule has 36 valence electrons. The molecule has 0 unspecified atom stereocenters. The van der Waals surface area contributed by atoms with Crippen LogP contribution in [0.3, 0.4) is 0 Å². The van der Waals surface area contributed by atoms with E-state index < -0.39 is 10.4 Å². The summed E-state index contributed by atoms with van der Waals surface area (Å²) in [6, 6.07) is 0. The Morgan fingerprint density at radius 1 is 1.14 bits per heavy atom. The Morgan fingerprint density at radius 2 is 1.14 bits per heavy atom. The topological polar surface area (TPSA) is 80.3 Å². The summed E-state index contributed by atoms with van der Waals surface area (Å²) < 4.78 is 34.1. The van der Waals surface area contributed by atoms with Crippen molar-refractivity contribution in [3.63, 3.8) is 0 Å². The third kappa shape index (κ3) is 48.8. The number of rotatable bonds is 0. The maximum atomic E-state index is 8.52. The van der Waals surface area contributed by atoms with Crippen molar-refractivity contribution in [2.75, 3.05) is 0 Å². The van der Waals surface area contributed by atoms with Crippen LogP contribution in [0.5, 0.6) is 0 Å². The molecular formula is H2Ba2O4S. The van der Waals surface area contributed by atoms with Crippen molar-refractivity contribution in [1.82, 2.24) is 0 Å². The van der Waals surface area contributed by atoms with E-state index in [0.29, 0.717) is 0 Å². The standard InChI is InChI=1S/2Ba.H2O4S.2H/c;;1-5(2,3)4;;/h;;(H2,1,2,3,4);;/q;+2;;;/p-2. The summed E-state index contributed by atoms with van der Waals surface area (Å²) >= 11 is 0. The third-order valence-electron chi connectivity index (χ3n) is 0. The van der Waals surface area contributed by atoms with E-state index in [2.05, 4.69) is 0 Å². The van der Waals surface area contributed by atoms with E-state index in [1.165, 1.54) is 0 Å². The fourth-order valence-corrected chi connectivity index (χ4v) is 0. The van der Waals surface area contributed by atoms with Crippen LogP contribution < -0.4 is 0 Å². The third-order valence-corrected chi connectivity index (χ3v) is 0.